The molecule has 1 aromatic carbocycles. The van der Waals surface area contributed by atoms with Crippen molar-refractivity contribution in [2.24, 2.45) is 13.0 Å². The highest BCUT2D eigenvalue weighted by Gasteiger charge is 2.30. The van der Waals surface area contributed by atoms with Crippen molar-refractivity contribution in [3.05, 3.63) is 50.7 Å². The average Bonchev–Trinajstić information content (AvgIpc) is 3.08. The smallest absolute Gasteiger partial charge is 0.333 e. The van der Waals surface area contributed by atoms with Crippen molar-refractivity contribution in [2.75, 3.05) is 18.6 Å². The van der Waals surface area contributed by atoms with Crippen molar-refractivity contribution in [3.8, 4) is 0 Å². The largest absolute Gasteiger partial charge is 0.468 e. The van der Waals surface area contributed by atoms with Crippen molar-refractivity contribution >= 4 is 28.8 Å². The molecule has 0 unspecified atom stereocenters. The summed E-state index contributed by atoms with van der Waals surface area (Å²) in [7, 11) is 2.77. The quantitative estimate of drug-likeness (QED) is 0.616. The second-order valence-corrected chi connectivity index (χ2v) is 7.56. The number of methoxy groups -OCH3 is 1. The molecule has 1 aliphatic heterocycles. The molecule has 0 saturated heterocycles. The first kappa shape index (κ1) is 19.0. The molecule has 9 heteroatoms. The van der Waals surface area contributed by atoms with Gasteiger partial charge in [-0.3, -0.25) is 14.2 Å². The van der Waals surface area contributed by atoms with Crippen LogP contribution in [-0.2, 0) is 29.7 Å². The maximum atomic E-state index is 13.2. The van der Waals surface area contributed by atoms with Crippen LogP contribution in [0.4, 0.5) is 11.6 Å². The monoisotopic (exact) mass is 397 g/mol. The molecule has 9 nitrogen and oxygen atoms in total. The number of carbonyl (C=O) groups excluding carboxylic acids is 1. The summed E-state index contributed by atoms with van der Waals surface area (Å²) in [5, 5.41) is 0. The van der Waals surface area contributed by atoms with E-state index in [-0.39, 0.29) is 5.92 Å². The number of esters is 1. The number of carbonyl (C=O) groups is 1. The molecule has 0 amide bonds. The van der Waals surface area contributed by atoms with E-state index in [1.165, 1.54) is 11.7 Å². The van der Waals surface area contributed by atoms with E-state index < -0.39 is 23.8 Å². The molecule has 0 spiro atoms. The summed E-state index contributed by atoms with van der Waals surface area (Å²) in [6.45, 7) is 5.04. The standard InChI is InChI=1S/C20H23N5O4/c1-12-6-5-7-14(8-12)23-9-13(2)10-24-16-17(21-19(23)24)22(3)20(28)25(18(16)27)11-15(26)29-4/h5-8,13H,9-11H2,1-4H3/t13-/m1/s1. The molecule has 1 atom stereocenters. The van der Waals surface area contributed by atoms with Crippen LogP contribution in [0.2, 0.25) is 0 Å². The van der Waals surface area contributed by atoms with E-state index in [0.717, 1.165) is 22.4 Å². The zero-order valence-corrected chi connectivity index (χ0v) is 16.9. The minimum absolute atomic E-state index is 0.256. The molecule has 0 aliphatic carbocycles. The van der Waals surface area contributed by atoms with E-state index in [0.29, 0.717) is 23.7 Å². The number of aryl methyl sites for hydroxylation is 2. The van der Waals surface area contributed by atoms with Crippen LogP contribution in [0.3, 0.4) is 0 Å². The summed E-state index contributed by atoms with van der Waals surface area (Å²) >= 11 is 0. The fourth-order valence-corrected chi connectivity index (χ4v) is 3.85. The van der Waals surface area contributed by atoms with E-state index in [2.05, 4.69) is 27.6 Å². The number of ether oxygens (including phenoxy) is 1. The molecule has 0 N–H and O–H groups in total. The fourth-order valence-electron chi connectivity index (χ4n) is 3.85. The molecule has 3 aromatic rings. The molecule has 0 fully saturated rings. The van der Waals surface area contributed by atoms with Gasteiger partial charge in [0.1, 0.15) is 6.54 Å². The summed E-state index contributed by atoms with van der Waals surface area (Å²) in [5.41, 5.74) is 1.59. The van der Waals surface area contributed by atoms with Crippen LogP contribution in [0.1, 0.15) is 12.5 Å². The predicted molar refractivity (Wildman–Crippen MR) is 109 cm³/mol. The third kappa shape index (κ3) is 3.02. The number of aromatic nitrogens is 4. The SMILES string of the molecule is COC(=O)Cn1c(=O)c2c(nc3n2C[C@H](C)CN3c2cccc(C)c2)n(C)c1=O. The first-order chi connectivity index (χ1) is 13.8. The van der Waals surface area contributed by atoms with Gasteiger partial charge in [-0.15, -0.1) is 0 Å². The Morgan fingerprint density at radius 2 is 2.03 bits per heavy atom. The molecule has 1 aliphatic rings. The van der Waals surface area contributed by atoms with E-state index in [1.54, 1.807) is 7.05 Å². The molecule has 0 bridgehead atoms. The lowest BCUT2D eigenvalue weighted by atomic mass is 10.1. The lowest BCUT2D eigenvalue weighted by Crippen LogP contribution is -2.42. The second kappa shape index (κ2) is 6.91. The summed E-state index contributed by atoms with van der Waals surface area (Å²) in [6, 6.07) is 8.07. The molecule has 3 heterocycles. The minimum atomic E-state index is -0.656. The Labute approximate surface area is 166 Å². The molecule has 29 heavy (non-hydrogen) atoms. The lowest BCUT2D eigenvalue weighted by molar-refractivity contribution is -0.141. The van der Waals surface area contributed by atoms with E-state index in [4.69, 9.17) is 0 Å². The van der Waals surface area contributed by atoms with Crippen LogP contribution in [0.25, 0.3) is 11.2 Å². The molecular weight excluding hydrogens is 374 g/mol. The van der Waals surface area contributed by atoms with Crippen LogP contribution in [0.5, 0.6) is 0 Å². The van der Waals surface area contributed by atoms with Gasteiger partial charge in [-0.25, -0.2) is 9.36 Å². The highest BCUT2D eigenvalue weighted by atomic mass is 16.5. The zero-order valence-electron chi connectivity index (χ0n) is 16.9. The minimum Gasteiger partial charge on any atom is -0.468 e. The van der Waals surface area contributed by atoms with Crippen LogP contribution in [-0.4, -0.2) is 38.3 Å². The third-order valence-electron chi connectivity index (χ3n) is 5.27. The number of fused-ring (bicyclic) bond motifs is 3. The number of benzene rings is 1. The highest BCUT2D eigenvalue weighted by molar-refractivity contribution is 5.77. The number of hydrogen-bond donors (Lipinski definition) is 0. The number of rotatable bonds is 3. The van der Waals surface area contributed by atoms with Gasteiger partial charge in [0.2, 0.25) is 5.95 Å². The number of nitrogens with zero attached hydrogens (tertiary/aromatic N) is 5. The van der Waals surface area contributed by atoms with E-state index in [9.17, 15) is 14.4 Å². The van der Waals surface area contributed by atoms with Crippen LogP contribution < -0.4 is 16.1 Å². The molecule has 0 radical (unpaired) electrons. The van der Waals surface area contributed by atoms with Crippen LogP contribution in [0.15, 0.2) is 33.9 Å². The highest BCUT2D eigenvalue weighted by Crippen LogP contribution is 2.33. The Hall–Kier alpha value is -3.36. The Morgan fingerprint density at radius 1 is 1.28 bits per heavy atom. The summed E-state index contributed by atoms with van der Waals surface area (Å²) < 4.78 is 8.70. The Bertz CT molecular complexity index is 1240. The van der Waals surface area contributed by atoms with Gasteiger partial charge in [-0.1, -0.05) is 19.1 Å². The van der Waals surface area contributed by atoms with Crippen LogP contribution in [0, 0.1) is 12.8 Å². The first-order valence-electron chi connectivity index (χ1n) is 9.43. The van der Waals surface area contributed by atoms with Gasteiger partial charge in [0, 0.05) is 25.8 Å². The normalized spacial score (nSPS) is 16.1. The average molecular weight is 397 g/mol. The van der Waals surface area contributed by atoms with Crippen molar-refractivity contribution < 1.29 is 9.53 Å². The number of imidazole rings is 1. The fraction of sp³-hybridized carbons (Fsp3) is 0.400. The summed E-state index contributed by atoms with van der Waals surface area (Å²) in [6.07, 6.45) is 0. The van der Waals surface area contributed by atoms with E-state index in [1.807, 2.05) is 29.7 Å². The number of anilines is 2. The molecule has 4 rings (SSSR count). The zero-order chi connectivity index (χ0) is 20.9. The summed E-state index contributed by atoms with van der Waals surface area (Å²) in [4.78, 5) is 44.3. The molecule has 0 saturated carbocycles. The summed E-state index contributed by atoms with van der Waals surface area (Å²) in [5.74, 6) is 0.217. The topological polar surface area (TPSA) is 91.4 Å². The van der Waals surface area contributed by atoms with Gasteiger partial charge >= 0.3 is 11.7 Å². The van der Waals surface area contributed by atoms with Gasteiger partial charge in [-0.05, 0) is 30.5 Å². The van der Waals surface area contributed by atoms with Gasteiger partial charge in [0.25, 0.3) is 5.56 Å². The first-order valence-corrected chi connectivity index (χ1v) is 9.43. The van der Waals surface area contributed by atoms with Gasteiger partial charge in [-0.2, -0.15) is 4.98 Å². The molecule has 152 valence electrons. The van der Waals surface area contributed by atoms with Crippen molar-refractivity contribution in [1.29, 1.82) is 0 Å². The molecular formula is C20H23N5O4. The number of hydrogen-bond acceptors (Lipinski definition) is 6. The Balaban J connectivity index is 1.99. The van der Waals surface area contributed by atoms with E-state index >= 15 is 0 Å². The predicted octanol–water partition coefficient (Wildman–Crippen LogP) is 1.17. The Morgan fingerprint density at radius 3 is 2.72 bits per heavy atom. The van der Waals surface area contributed by atoms with Crippen molar-refractivity contribution in [2.45, 2.75) is 26.9 Å². The van der Waals surface area contributed by atoms with Crippen molar-refractivity contribution in [1.82, 2.24) is 18.7 Å². The lowest BCUT2D eigenvalue weighted by Gasteiger charge is -2.33. The third-order valence-corrected chi connectivity index (χ3v) is 5.27. The maximum Gasteiger partial charge on any atom is 0.333 e. The maximum absolute atomic E-state index is 13.2. The Kier molecular flexibility index (Phi) is 4.52. The molecule has 2 aromatic heterocycles. The second-order valence-electron chi connectivity index (χ2n) is 7.56. The van der Waals surface area contributed by atoms with Gasteiger partial charge in [0.05, 0.1) is 7.11 Å². The van der Waals surface area contributed by atoms with Gasteiger partial charge < -0.3 is 14.2 Å². The van der Waals surface area contributed by atoms with Gasteiger partial charge in [0.15, 0.2) is 11.2 Å². The van der Waals surface area contributed by atoms with Crippen molar-refractivity contribution in [3.63, 3.8) is 0 Å². The van der Waals surface area contributed by atoms with Crippen LogP contribution >= 0.6 is 0 Å².